The molecule has 6 nitrogen and oxygen atoms in total. The lowest BCUT2D eigenvalue weighted by atomic mass is 10.00. The van der Waals surface area contributed by atoms with Crippen LogP contribution in [0.3, 0.4) is 0 Å². The number of para-hydroxylation sites is 1. The quantitative estimate of drug-likeness (QED) is 0.410. The predicted molar refractivity (Wildman–Crippen MR) is 130 cm³/mol. The van der Waals surface area contributed by atoms with Gasteiger partial charge in [-0.25, -0.2) is 18.7 Å². The van der Waals surface area contributed by atoms with Gasteiger partial charge in [0.1, 0.15) is 11.5 Å². The van der Waals surface area contributed by atoms with Gasteiger partial charge in [-0.15, -0.1) is 0 Å². The molecular formula is C27H24F2N4O2. The first-order chi connectivity index (χ1) is 17.1. The third-order valence-electron chi connectivity index (χ3n) is 5.94. The van der Waals surface area contributed by atoms with Gasteiger partial charge in [-0.1, -0.05) is 48.5 Å². The zero-order chi connectivity index (χ0) is 24.2. The number of anilines is 1. The zero-order valence-electron chi connectivity index (χ0n) is 19.0. The number of hydrogen-bond acceptors (Lipinski definition) is 5. The molecule has 5 rings (SSSR count). The molecule has 0 spiro atoms. The van der Waals surface area contributed by atoms with E-state index in [1.165, 1.54) is 12.1 Å². The summed E-state index contributed by atoms with van der Waals surface area (Å²) in [7, 11) is 0. The number of hydrogen-bond donors (Lipinski definition) is 1. The second kappa shape index (κ2) is 10.2. The number of halogens is 2. The molecule has 8 heteroatoms. The third-order valence-corrected chi connectivity index (χ3v) is 5.94. The van der Waals surface area contributed by atoms with E-state index in [1.807, 2.05) is 30.3 Å². The number of carbonyl (C=O) groups excluding carboxylic acids is 1. The van der Waals surface area contributed by atoms with Crippen LogP contribution in [0.4, 0.5) is 14.6 Å². The van der Waals surface area contributed by atoms with Gasteiger partial charge >= 0.3 is 0 Å². The molecule has 1 fully saturated rings. The molecule has 1 N–H and O–H groups in total. The van der Waals surface area contributed by atoms with Crippen LogP contribution < -0.4 is 5.32 Å². The van der Waals surface area contributed by atoms with E-state index in [2.05, 4.69) is 20.2 Å². The summed E-state index contributed by atoms with van der Waals surface area (Å²) in [6.07, 6.45) is -2.56. The summed E-state index contributed by atoms with van der Waals surface area (Å²) < 4.78 is 31.8. The van der Waals surface area contributed by atoms with Crippen molar-refractivity contribution in [1.82, 2.24) is 14.9 Å². The lowest BCUT2D eigenvalue weighted by Crippen LogP contribution is -2.35. The molecule has 1 aliphatic rings. The Morgan fingerprint density at radius 2 is 1.77 bits per heavy atom. The number of rotatable bonds is 6. The SMILES string of the molecule is O=C(Nc1cccc(CN2CCOCC2)n1)c1ccc2cccc(-c3cccc(C(F)F)c3)c2n1. The van der Waals surface area contributed by atoms with E-state index in [0.717, 1.165) is 24.2 Å². The monoisotopic (exact) mass is 474 g/mol. The van der Waals surface area contributed by atoms with Crippen molar-refractivity contribution in [2.75, 3.05) is 31.6 Å². The van der Waals surface area contributed by atoms with Crippen molar-refractivity contribution < 1.29 is 18.3 Å². The summed E-state index contributed by atoms with van der Waals surface area (Å²) in [6, 6.07) is 20.7. The normalized spacial score (nSPS) is 14.4. The van der Waals surface area contributed by atoms with Gasteiger partial charge < -0.3 is 10.1 Å². The number of nitrogens with zero attached hydrogens (tertiary/aromatic N) is 3. The summed E-state index contributed by atoms with van der Waals surface area (Å²) in [4.78, 5) is 24.4. The van der Waals surface area contributed by atoms with E-state index in [0.29, 0.717) is 42.2 Å². The average molecular weight is 475 g/mol. The average Bonchev–Trinajstić information content (AvgIpc) is 2.89. The Labute approximate surface area is 201 Å². The topological polar surface area (TPSA) is 67.4 Å². The van der Waals surface area contributed by atoms with E-state index in [1.54, 1.807) is 30.3 Å². The van der Waals surface area contributed by atoms with Crippen LogP contribution >= 0.6 is 0 Å². The van der Waals surface area contributed by atoms with Crippen molar-refractivity contribution in [2.45, 2.75) is 13.0 Å². The molecule has 1 amide bonds. The fourth-order valence-corrected chi connectivity index (χ4v) is 4.15. The lowest BCUT2D eigenvalue weighted by molar-refractivity contribution is 0.0337. The first kappa shape index (κ1) is 23.0. The Morgan fingerprint density at radius 1 is 0.971 bits per heavy atom. The van der Waals surface area contributed by atoms with Crippen molar-refractivity contribution in [3.63, 3.8) is 0 Å². The lowest BCUT2D eigenvalue weighted by Gasteiger charge is -2.26. The molecule has 0 unspecified atom stereocenters. The minimum absolute atomic E-state index is 0.0589. The number of morpholine rings is 1. The summed E-state index contributed by atoms with van der Waals surface area (Å²) in [6.45, 7) is 3.79. The number of nitrogens with one attached hydrogen (secondary N) is 1. The molecule has 0 atom stereocenters. The molecule has 4 aromatic rings. The summed E-state index contributed by atoms with van der Waals surface area (Å²) in [5.41, 5.74) is 2.89. The van der Waals surface area contributed by atoms with Gasteiger partial charge in [-0.3, -0.25) is 9.69 Å². The molecule has 3 heterocycles. The summed E-state index contributed by atoms with van der Waals surface area (Å²) in [5, 5.41) is 3.64. The first-order valence-corrected chi connectivity index (χ1v) is 11.4. The van der Waals surface area contributed by atoms with Gasteiger partial charge in [0.05, 0.1) is 24.4 Å². The largest absolute Gasteiger partial charge is 0.379 e. The van der Waals surface area contributed by atoms with Crippen LogP contribution in [0.5, 0.6) is 0 Å². The van der Waals surface area contributed by atoms with E-state index in [4.69, 9.17) is 4.74 Å². The van der Waals surface area contributed by atoms with Crippen LogP contribution in [0.1, 0.15) is 28.2 Å². The number of ether oxygens (including phenoxy) is 1. The number of fused-ring (bicyclic) bond motifs is 1. The van der Waals surface area contributed by atoms with Gasteiger partial charge in [0.2, 0.25) is 0 Å². The van der Waals surface area contributed by atoms with E-state index < -0.39 is 6.43 Å². The molecular weight excluding hydrogens is 450 g/mol. The van der Waals surface area contributed by atoms with E-state index in [-0.39, 0.29) is 17.2 Å². The Morgan fingerprint density at radius 3 is 2.60 bits per heavy atom. The van der Waals surface area contributed by atoms with E-state index >= 15 is 0 Å². The maximum atomic E-state index is 13.2. The van der Waals surface area contributed by atoms with Crippen LogP contribution in [-0.2, 0) is 11.3 Å². The minimum atomic E-state index is -2.56. The Balaban J connectivity index is 1.39. The molecule has 1 saturated heterocycles. The maximum absolute atomic E-state index is 13.2. The molecule has 0 saturated carbocycles. The zero-order valence-corrected chi connectivity index (χ0v) is 19.0. The number of aromatic nitrogens is 2. The fourth-order valence-electron chi connectivity index (χ4n) is 4.15. The van der Waals surface area contributed by atoms with Gasteiger partial charge in [-0.2, -0.15) is 0 Å². The Bertz CT molecular complexity index is 1360. The van der Waals surface area contributed by atoms with Crippen LogP contribution in [0.25, 0.3) is 22.0 Å². The molecule has 1 aliphatic heterocycles. The third kappa shape index (κ3) is 5.34. The highest BCUT2D eigenvalue weighted by molar-refractivity contribution is 6.04. The number of amides is 1. The van der Waals surface area contributed by atoms with Gasteiger partial charge in [0, 0.05) is 36.1 Å². The number of benzene rings is 2. The predicted octanol–water partition coefficient (Wildman–Crippen LogP) is 5.32. The van der Waals surface area contributed by atoms with Crippen molar-refractivity contribution in [3.8, 4) is 11.1 Å². The summed E-state index contributed by atoms with van der Waals surface area (Å²) in [5.74, 6) is 0.0552. The Hall–Kier alpha value is -3.75. The van der Waals surface area contributed by atoms with Crippen LogP contribution in [0, 0.1) is 0 Å². The van der Waals surface area contributed by atoms with Crippen molar-refractivity contribution in [2.24, 2.45) is 0 Å². The second-order valence-electron chi connectivity index (χ2n) is 8.36. The standard InChI is InChI=1S/C27H24F2N4O2/c28-26(29)20-6-1-5-19(16-20)22-8-2-4-18-10-11-23(31-25(18)22)27(34)32-24-9-3-7-21(30-24)17-33-12-14-35-15-13-33/h1-11,16,26H,12-15,17H2,(H,30,32,34). The van der Waals surface area contributed by atoms with Crippen molar-refractivity contribution >= 4 is 22.6 Å². The maximum Gasteiger partial charge on any atom is 0.275 e. The highest BCUT2D eigenvalue weighted by atomic mass is 19.3. The fraction of sp³-hybridized carbons (Fsp3) is 0.222. The van der Waals surface area contributed by atoms with Crippen molar-refractivity contribution in [3.05, 3.63) is 89.7 Å². The second-order valence-corrected chi connectivity index (χ2v) is 8.36. The smallest absolute Gasteiger partial charge is 0.275 e. The van der Waals surface area contributed by atoms with Gasteiger partial charge in [0.15, 0.2) is 0 Å². The minimum Gasteiger partial charge on any atom is -0.379 e. The molecule has 0 radical (unpaired) electrons. The number of carbonyl (C=O) groups is 1. The van der Waals surface area contributed by atoms with Gasteiger partial charge in [0.25, 0.3) is 12.3 Å². The summed E-state index contributed by atoms with van der Waals surface area (Å²) >= 11 is 0. The highest BCUT2D eigenvalue weighted by Gasteiger charge is 2.15. The molecule has 0 aliphatic carbocycles. The number of alkyl halides is 2. The molecule has 2 aromatic heterocycles. The van der Waals surface area contributed by atoms with Crippen LogP contribution in [0.15, 0.2) is 72.8 Å². The van der Waals surface area contributed by atoms with E-state index in [9.17, 15) is 13.6 Å². The number of pyridine rings is 2. The van der Waals surface area contributed by atoms with Crippen molar-refractivity contribution in [1.29, 1.82) is 0 Å². The van der Waals surface area contributed by atoms with Crippen LogP contribution in [-0.4, -0.2) is 47.1 Å². The molecule has 0 bridgehead atoms. The molecule has 178 valence electrons. The first-order valence-electron chi connectivity index (χ1n) is 11.4. The molecule has 2 aromatic carbocycles. The van der Waals surface area contributed by atoms with Crippen LogP contribution in [0.2, 0.25) is 0 Å². The Kier molecular flexibility index (Phi) is 6.74. The highest BCUT2D eigenvalue weighted by Crippen LogP contribution is 2.30. The van der Waals surface area contributed by atoms with Gasteiger partial charge in [-0.05, 0) is 29.8 Å². The molecule has 35 heavy (non-hydrogen) atoms.